The molecule has 7 heteroatoms. The van der Waals surface area contributed by atoms with Gasteiger partial charge >= 0.3 is 0 Å². The maximum Gasteiger partial charge on any atom is 0.238 e. The maximum absolute atomic E-state index is 11.3. The van der Waals surface area contributed by atoms with E-state index in [2.05, 4.69) is 5.32 Å². The normalized spacial score (nSPS) is 14.9. The summed E-state index contributed by atoms with van der Waals surface area (Å²) in [6.07, 6.45) is 1.48. The quantitative estimate of drug-likeness (QED) is 0.579. The van der Waals surface area contributed by atoms with Crippen molar-refractivity contribution in [2.24, 2.45) is 5.14 Å². The van der Waals surface area contributed by atoms with Crippen molar-refractivity contribution in [3.8, 4) is 0 Å². The molecule has 1 rings (SSSR count). The fourth-order valence-electron chi connectivity index (χ4n) is 1.78. The van der Waals surface area contributed by atoms with Gasteiger partial charge in [-0.1, -0.05) is 13.3 Å². The lowest BCUT2D eigenvalue weighted by Gasteiger charge is -2.24. The molecule has 0 aliphatic rings. The Hall–Kier alpha value is -1.31. The molecule has 0 amide bonds. The molecule has 19 heavy (non-hydrogen) atoms. The molecule has 1 aromatic carbocycles. The van der Waals surface area contributed by atoms with E-state index in [1.165, 1.54) is 18.2 Å². The number of nitrogens with two attached hydrogens (primary N) is 2. The van der Waals surface area contributed by atoms with Crippen LogP contribution in [0.2, 0.25) is 0 Å². The van der Waals surface area contributed by atoms with Gasteiger partial charge in [0.15, 0.2) is 0 Å². The van der Waals surface area contributed by atoms with Crippen LogP contribution in [-0.4, -0.2) is 25.7 Å². The van der Waals surface area contributed by atoms with E-state index in [-0.39, 0.29) is 11.4 Å². The first-order valence-electron chi connectivity index (χ1n) is 6.04. The highest BCUT2D eigenvalue weighted by Gasteiger charge is 2.19. The Morgan fingerprint density at radius 1 is 1.42 bits per heavy atom. The molecule has 0 saturated heterocycles. The number of anilines is 2. The third-order valence-electron chi connectivity index (χ3n) is 2.80. The van der Waals surface area contributed by atoms with Gasteiger partial charge in [-0.15, -0.1) is 0 Å². The second kappa shape index (κ2) is 5.77. The van der Waals surface area contributed by atoms with Gasteiger partial charge in [0.05, 0.1) is 21.9 Å². The number of aliphatic hydroxyl groups is 1. The first kappa shape index (κ1) is 15.7. The van der Waals surface area contributed by atoms with Crippen LogP contribution in [0.25, 0.3) is 0 Å². The van der Waals surface area contributed by atoms with E-state index in [9.17, 15) is 13.5 Å². The molecule has 0 aliphatic carbocycles. The Morgan fingerprint density at radius 3 is 2.58 bits per heavy atom. The van der Waals surface area contributed by atoms with E-state index in [0.717, 1.165) is 6.42 Å². The number of nitrogens with one attached hydrogen (secondary N) is 1. The highest BCUT2D eigenvalue weighted by atomic mass is 32.2. The highest BCUT2D eigenvalue weighted by molar-refractivity contribution is 7.89. The van der Waals surface area contributed by atoms with Gasteiger partial charge in [-0.2, -0.15) is 0 Å². The minimum absolute atomic E-state index is 0.0145. The summed E-state index contributed by atoms with van der Waals surface area (Å²) in [4.78, 5) is -0.0145. The van der Waals surface area contributed by atoms with E-state index >= 15 is 0 Å². The van der Waals surface area contributed by atoms with Crippen molar-refractivity contribution in [1.82, 2.24) is 0 Å². The minimum Gasteiger partial charge on any atom is -0.397 e. The van der Waals surface area contributed by atoms with Gasteiger partial charge in [0.25, 0.3) is 0 Å². The van der Waals surface area contributed by atoms with Crippen molar-refractivity contribution in [2.45, 2.75) is 37.2 Å². The lowest BCUT2D eigenvalue weighted by Crippen LogP contribution is -2.33. The van der Waals surface area contributed by atoms with Crippen LogP contribution in [0.1, 0.15) is 26.7 Å². The van der Waals surface area contributed by atoms with Gasteiger partial charge in [0, 0.05) is 6.54 Å². The molecule has 0 aliphatic heterocycles. The number of rotatable bonds is 6. The fourth-order valence-corrected chi connectivity index (χ4v) is 2.32. The third kappa shape index (κ3) is 4.70. The summed E-state index contributed by atoms with van der Waals surface area (Å²) in [6, 6.07) is 4.18. The van der Waals surface area contributed by atoms with Crippen LogP contribution in [0.3, 0.4) is 0 Å². The highest BCUT2D eigenvalue weighted by Crippen LogP contribution is 2.23. The third-order valence-corrected chi connectivity index (χ3v) is 3.71. The zero-order valence-electron chi connectivity index (χ0n) is 11.2. The Morgan fingerprint density at radius 2 is 2.05 bits per heavy atom. The van der Waals surface area contributed by atoms with Gasteiger partial charge in [0.2, 0.25) is 10.0 Å². The molecule has 0 bridgehead atoms. The first-order chi connectivity index (χ1) is 8.65. The Bertz CT molecular complexity index is 541. The van der Waals surface area contributed by atoms with E-state index in [1.807, 2.05) is 6.92 Å². The van der Waals surface area contributed by atoms with Gasteiger partial charge < -0.3 is 16.2 Å². The Balaban J connectivity index is 2.90. The number of primary sulfonamides is 1. The summed E-state index contributed by atoms with van der Waals surface area (Å²) >= 11 is 0. The van der Waals surface area contributed by atoms with Crippen molar-refractivity contribution < 1.29 is 13.5 Å². The van der Waals surface area contributed by atoms with Crippen LogP contribution in [0, 0.1) is 0 Å². The van der Waals surface area contributed by atoms with Crippen LogP contribution in [0.5, 0.6) is 0 Å². The van der Waals surface area contributed by atoms with Crippen molar-refractivity contribution >= 4 is 21.4 Å². The standard InChI is InChI=1S/C12H21N3O3S/c1-3-6-12(2,16)8-15-11-7-9(19(14,17)18)4-5-10(11)13/h4-5,7,15-16H,3,6,8,13H2,1-2H3,(H2,14,17,18). The molecule has 6 nitrogen and oxygen atoms in total. The summed E-state index contributed by atoms with van der Waals surface area (Å²) in [7, 11) is -3.76. The summed E-state index contributed by atoms with van der Waals surface area (Å²) < 4.78 is 22.5. The number of sulfonamides is 1. The molecule has 6 N–H and O–H groups in total. The summed E-state index contributed by atoms with van der Waals surface area (Å²) in [5.41, 5.74) is 5.73. The zero-order valence-corrected chi connectivity index (χ0v) is 12.0. The van der Waals surface area contributed by atoms with Crippen molar-refractivity contribution in [1.29, 1.82) is 0 Å². The minimum atomic E-state index is -3.76. The lowest BCUT2D eigenvalue weighted by atomic mass is 10.0. The van der Waals surface area contributed by atoms with Crippen LogP contribution in [0.15, 0.2) is 23.1 Å². The summed E-state index contributed by atoms with van der Waals surface area (Å²) in [5, 5.41) is 18.1. The molecule has 0 heterocycles. The van der Waals surface area contributed by atoms with Crippen LogP contribution >= 0.6 is 0 Å². The van der Waals surface area contributed by atoms with Crippen molar-refractivity contribution in [3.63, 3.8) is 0 Å². The summed E-state index contributed by atoms with van der Waals surface area (Å²) in [6.45, 7) is 3.97. The van der Waals surface area contributed by atoms with E-state index < -0.39 is 15.6 Å². The number of nitrogen functional groups attached to an aromatic ring is 1. The largest absolute Gasteiger partial charge is 0.397 e. The molecule has 1 aromatic rings. The van der Waals surface area contributed by atoms with Gasteiger partial charge in [-0.25, -0.2) is 13.6 Å². The average Bonchev–Trinajstić information content (AvgIpc) is 2.26. The molecule has 0 fully saturated rings. The SMILES string of the molecule is CCCC(C)(O)CNc1cc(S(N)(=O)=O)ccc1N. The topological polar surface area (TPSA) is 118 Å². The average molecular weight is 287 g/mol. The maximum atomic E-state index is 11.3. The fraction of sp³-hybridized carbons (Fsp3) is 0.500. The van der Waals surface area contributed by atoms with Crippen molar-refractivity contribution in [3.05, 3.63) is 18.2 Å². The lowest BCUT2D eigenvalue weighted by molar-refractivity contribution is 0.0637. The number of benzene rings is 1. The first-order valence-corrected chi connectivity index (χ1v) is 7.59. The number of hydrogen-bond donors (Lipinski definition) is 4. The predicted molar refractivity (Wildman–Crippen MR) is 76.2 cm³/mol. The van der Waals surface area contributed by atoms with E-state index in [0.29, 0.717) is 17.8 Å². The smallest absolute Gasteiger partial charge is 0.238 e. The molecule has 0 spiro atoms. The molecule has 1 atom stereocenters. The van der Waals surface area contributed by atoms with E-state index in [4.69, 9.17) is 10.9 Å². The van der Waals surface area contributed by atoms with Crippen LogP contribution < -0.4 is 16.2 Å². The molecule has 0 aromatic heterocycles. The predicted octanol–water partition coefficient (Wildman–Crippen LogP) is 0.879. The van der Waals surface area contributed by atoms with Gasteiger partial charge in [0.1, 0.15) is 0 Å². The second-order valence-electron chi connectivity index (χ2n) is 4.89. The van der Waals surface area contributed by atoms with Gasteiger partial charge in [-0.05, 0) is 31.5 Å². The molecule has 108 valence electrons. The monoisotopic (exact) mass is 287 g/mol. The van der Waals surface area contributed by atoms with E-state index in [1.54, 1.807) is 6.92 Å². The molecule has 1 unspecified atom stereocenters. The molecular weight excluding hydrogens is 266 g/mol. The summed E-state index contributed by atoms with van der Waals surface area (Å²) in [5.74, 6) is 0. The molecule has 0 saturated carbocycles. The zero-order chi connectivity index (χ0) is 14.7. The van der Waals surface area contributed by atoms with Gasteiger partial charge in [-0.3, -0.25) is 0 Å². The number of hydrogen-bond acceptors (Lipinski definition) is 5. The Kier molecular flexibility index (Phi) is 4.78. The molecular formula is C12H21N3O3S. The molecule has 0 radical (unpaired) electrons. The Labute approximate surface area is 113 Å². The van der Waals surface area contributed by atoms with Crippen LogP contribution in [-0.2, 0) is 10.0 Å². The van der Waals surface area contributed by atoms with Crippen LogP contribution in [0.4, 0.5) is 11.4 Å². The second-order valence-corrected chi connectivity index (χ2v) is 6.46. The van der Waals surface area contributed by atoms with Crippen molar-refractivity contribution in [2.75, 3.05) is 17.6 Å².